The molecule has 0 saturated carbocycles. The zero-order valence-electron chi connectivity index (χ0n) is 11.8. The van der Waals surface area contributed by atoms with Gasteiger partial charge in [-0.2, -0.15) is 0 Å². The highest BCUT2D eigenvalue weighted by Gasteiger charge is 2.05. The summed E-state index contributed by atoms with van der Waals surface area (Å²) in [6, 6.07) is 4.76. The van der Waals surface area contributed by atoms with E-state index in [-0.39, 0.29) is 5.82 Å². The number of hydrogen-bond donors (Lipinski definition) is 3. The van der Waals surface area contributed by atoms with E-state index >= 15 is 0 Å². The third-order valence-electron chi connectivity index (χ3n) is 3.09. The molecule has 1 heterocycles. The fraction of sp³-hybridized carbons (Fsp3) is 0.267. The molecule has 2 aromatic rings. The number of hydrogen-bond acceptors (Lipinski definition) is 1. The highest BCUT2D eigenvalue weighted by atomic mass is 35.5. The molecule has 6 heteroatoms. The Labute approximate surface area is 128 Å². The number of aromatic nitrogens is 1. The second-order valence-electron chi connectivity index (χ2n) is 4.62. The van der Waals surface area contributed by atoms with Gasteiger partial charge in [0.1, 0.15) is 5.82 Å². The first kappa shape index (κ1) is 15.4. The molecule has 0 atom stereocenters. The average Bonchev–Trinajstić information content (AvgIpc) is 2.84. The van der Waals surface area contributed by atoms with Gasteiger partial charge in [0.2, 0.25) is 0 Å². The van der Waals surface area contributed by atoms with Crippen LogP contribution in [0.25, 0.3) is 10.9 Å². The molecule has 0 fully saturated rings. The third kappa shape index (κ3) is 4.23. The molecule has 3 N–H and O–H groups in total. The first-order valence-electron chi connectivity index (χ1n) is 6.63. The molecule has 0 aliphatic carbocycles. The molecule has 0 radical (unpaired) electrons. The molecule has 0 aliphatic rings. The van der Waals surface area contributed by atoms with E-state index in [0.29, 0.717) is 24.1 Å². The maximum atomic E-state index is 13.1. The Bertz CT molecular complexity index is 663. The van der Waals surface area contributed by atoms with Crippen LogP contribution >= 0.6 is 11.6 Å². The van der Waals surface area contributed by atoms with Gasteiger partial charge in [-0.1, -0.05) is 18.2 Å². The van der Waals surface area contributed by atoms with Crippen molar-refractivity contribution in [3.8, 4) is 0 Å². The van der Waals surface area contributed by atoms with Gasteiger partial charge in [-0.05, 0) is 30.2 Å². The number of fused-ring (bicyclic) bond motifs is 1. The molecular weight excluding hydrogens is 291 g/mol. The Morgan fingerprint density at radius 1 is 1.43 bits per heavy atom. The van der Waals surface area contributed by atoms with Gasteiger partial charge >= 0.3 is 0 Å². The maximum absolute atomic E-state index is 13.1. The molecule has 112 valence electrons. The highest BCUT2D eigenvalue weighted by molar-refractivity contribution is 6.29. The lowest BCUT2D eigenvalue weighted by molar-refractivity contribution is 0.629. The summed E-state index contributed by atoms with van der Waals surface area (Å²) >= 11 is 5.70. The van der Waals surface area contributed by atoms with E-state index in [1.165, 1.54) is 12.1 Å². The number of nitrogens with zero attached hydrogens (tertiary/aromatic N) is 1. The lowest BCUT2D eigenvalue weighted by Gasteiger charge is -2.10. The van der Waals surface area contributed by atoms with Crippen LogP contribution in [-0.4, -0.2) is 31.1 Å². The molecule has 0 bridgehead atoms. The summed E-state index contributed by atoms with van der Waals surface area (Å²) in [5.41, 5.74) is 1.95. The van der Waals surface area contributed by atoms with Crippen molar-refractivity contribution in [1.82, 2.24) is 15.6 Å². The van der Waals surface area contributed by atoms with Crippen LogP contribution in [0.1, 0.15) is 5.56 Å². The summed E-state index contributed by atoms with van der Waals surface area (Å²) in [6.07, 6.45) is 2.71. The van der Waals surface area contributed by atoms with Crippen molar-refractivity contribution in [2.45, 2.75) is 6.42 Å². The van der Waals surface area contributed by atoms with Crippen LogP contribution in [0.2, 0.25) is 0 Å². The Kier molecular flexibility index (Phi) is 5.22. The second-order valence-corrected chi connectivity index (χ2v) is 5.16. The normalized spacial score (nSPS) is 11.7. The van der Waals surface area contributed by atoms with Gasteiger partial charge in [-0.25, -0.2) is 4.39 Å². The van der Waals surface area contributed by atoms with Crippen molar-refractivity contribution < 1.29 is 4.39 Å². The molecule has 0 aliphatic heterocycles. The molecule has 21 heavy (non-hydrogen) atoms. The van der Waals surface area contributed by atoms with Crippen LogP contribution in [0.3, 0.4) is 0 Å². The van der Waals surface area contributed by atoms with E-state index in [1.54, 1.807) is 13.1 Å². The predicted molar refractivity (Wildman–Crippen MR) is 86.3 cm³/mol. The molecular formula is C15H18ClFN4. The van der Waals surface area contributed by atoms with Gasteiger partial charge < -0.3 is 15.6 Å². The van der Waals surface area contributed by atoms with E-state index in [4.69, 9.17) is 11.6 Å². The quantitative estimate of drug-likeness (QED) is 0.587. The number of rotatable bonds is 5. The molecule has 0 unspecified atom stereocenters. The second kappa shape index (κ2) is 7.13. The van der Waals surface area contributed by atoms with E-state index < -0.39 is 0 Å². The van der Waals surface area contributed by atoms with Crippen LogP contribution in [0, 0.1) is 5.82 Å². The van der Waals surface area contributed by atoms with Crippen molar-refractivity contribution in [2.75, 3.05) is 20.1 Å². The lowest BCUT2D eigenvalue weighted by Crippen LogP contribution is -2.38. The summed E-state index contributed by atoms with van der Waals surface area (Å²) in [5.74, 6) is 0.433. The molecule has 1 aromatic heterocycles. The summed E-state index contributed by atoms with van der Waals surface area (Å²) in [4.78, 5) is 7.17. The fourth-order valence-electron chi connectivity index (χ4n) is 2.08. The van der Waals surface area contributed by atoms with E-state index in [2.05, 4.69) is 27.2 Å². The fourth-order valence-corrected chi connectivity index (χ4v) is 2.15. The van der Waals surface area contributed by atoms with Gasteiger partial charge in [0.15, 0.2) is 5.96 Å². The van der Waals surface area contributed by atoms with Gasteiger partial charge in [0.25, 0.3) is 0 Å². The summed E-state index contributed by atoms with van der Waals surface area (Å²) in [6.45, 7) is 4.78. The molecule has 0 amide bonds. The minimum absolute atomic E-state index is 0.236. The summed E-state index contributed by atoms with van der Waals surface area (Å²) in [5, 5.41) is 7.80. The highest BCUT2D eigenvalue weighted by Crippen LogP contribution is 2.19. The zero-order chi connectivity index (χ0) is 15.2. The SMILES string of the molecule is C=C(Cl)CNC(=NC)NCCc1c[nH]c2cc(F)ccc12. The first-order valence-corrected chi connectivity index (χ1v) is 7.01. The molecule has 4 nitrogen and oxygen atoms in total. The molecule has 1 aromatic carbocycles. The molecule has 2 rings (SSSR count). The number of guanidine groups is 1. The Balaban J connectivity index is 1.91. The van der Waals surface area contributed by atoms with Crippen molar-refractivity contribution in [1.29, 1.82) is 0 Å². The van der Waals surface area contributed by atoms with Crippen LogP contribution in [-0.2, 0) is 6.42 Å². The first-order chi connectivity index (χ1) is 10.1. The zero-order valence-corrected chi connectivity index (χ0v) is 12.6. The van der Waals surface area contributed by atoms with Crippen LogP contribution in [0.15, 0.2) is 41.0 Å². The average molecular weight is 309 g/mol. The third-order valence-corrected chi connectivity index (χ3v) is 3.22. The summed E-state index contributed by atoms with van der Waals surface area (Å²) in [7, 11) is 1.70. The number of benzene rings is 1. The number of H-pyrrole nitrogens is 1. The van der Waals surface area contributed by atoms with Crippen molar-refractivity contribution in [3.63, 3.8) is 0 Å². The van der Waals surface area contributed by atoms with E-state index in [9.17, 15) is 4.39 Å². The van der Waals surface area contributed by atoms with Crippen molar-refractivity contribution >= 4 is 28.5 Å². The van der Waals surface area contributed by atoms with Crippen LogP contribution in [0.5, 0.6) is 0 Å². The van der Waals surface area contributed by atoms with E-state index in [1.807, 2.05) is 6.20 Å². The Hall–Kier alpha value is -2.01. The Morgan fingerprint density at radius 3 is 2.95 bits per heavy atom. The van der Waals surface area contributed by atoms with Gasteiger partial charge in [0, 0.05) is 35.7 Å². The van der Waals surface area contributed by atoms with Gasteiger partial charge in [-0.15, -0.1) is 0 Å². The Morgan fingerprint density at radius 2 is 2.24 bits per heavy atom. The van der Waals surface area contributed by atoms with Crippen LogP contribution in [0.4, 0.5) is 4.39 Å². The maximum Gasteiger partial charge on any atom is 0.191 e. The topological polar surface area (TPSA) is 52.2 Å². The smallest absolute Gasteiger partial charge is 0.191 e. The van der Waals surface area contributed by atoms with Gasteiger partial charge in [-0.3, -0.25) is 4.99 Å². The molecule has 0 saturated heterocycles. The minimum Gasteiger partial charge on any atom is -0.361 e. The monoisotopic (exact) mass is 308 g/mol. The summed E-state index contributed by atoms with van der Waals surface area (Å²) < 4.78 is 13.1. The number of aromatic amines is 1. The van der Waals surface area contributed by atoms with Gasteiger partial charge in [0.05, 0.1) is 6.54 Å². The van der Waals surface area contributed by atoms with Crippen molar-refractivity contribution in [2.24, 2.45) is 4.99 Å². The molecule has 0 spiro atoms. The number of aliphatic imine (C=N–C) groups is 1. The minimum atomic E-state index is -0.236. The van der Waals surface area contributed by atoms with Crippen LogP contribution < -0.4 is 10.6 Å². The number of nitrogens with one attached hydrogen (secondary N) is 3. The largest absolute Gasteiger partial charge is 0.361 e. The van der Waals surface area contributed by atoms with Crippen molar-refractivity contribution in [3.05, 3.63) is 47.4 Å². The standard InChI is InChI=1S/C15H18ClFN4/c1-10(16)8-21-15(18-2)19-6-5-11-9-20-14-7-12(17)3-4-13(11)14/h3-4,7,9,20H,1,5-6,8H2,2H3,(H2,18,19,21). The number of halogens is 2. The van der Waals surface area contributed by atoms with E-state index in [0.717, 1.165) is 22.9 Å². The predicted octanol–water partition coefficient (Wildman–Crippen LogP) is 2.77. The lowest BCUT2D eigenvalue weighted by atomic mass is 10.1.